The molecule has 0 aliphatic heterocycles. The number of carbonyl (C=O) groups excluding carboxylic acids is 1. The van der Waals surface area contributed by atoms with E-state index in [1.165, 1.54) is 0 Å². The molecular weight excluding hydrogens is 306 g/mol. The van der Waals surface area contributed by atoms with Gasteiger partial charge in [0.05, 0.1) is 7.11 Å². The van der Waals surface area contributed by atoms with Crippen LogP contribution < -0.4 is 14.8 Å². The Labute approximate surface area is 142 Å². The summed E-state index contributed by atoms with van der Waals surface area (Å²) >= 11 is 0. The first-order valence-corrected chi connectivity index (χ1v) is 7.80. The van der Waals surface area contributed by atoms with Crippen molar-refractivity contribution in [3.63, 3.8) is 0 Å². The fraction of sp³-hybridized carbons (Fsp3) is 0.316. The van der Waals surface area contributed by atoms with Crippen LogP contribution in [0.4, 0.5) is 0 Å². The van der Waals surface area contributed by atoms with Crippen molar-refractivity contribution < 1.29 is 19.0 Å². The second-order valence-corrected chi connectivity index (χ2v) is 5.28. The monoisotopic (exact) mass is 329 g/mol. The maximum atomic E-state index is 12.2. The van der Waals surface area contributed by atoms with E-state index in [1.807, 2.05) is 54.6 Å². The van der Waals surface area contributed by atoms with Crippen molar-refractivity contribution in [2.24, 2.45) is 0 Å². The summed E-state index contributed by atoms with van der Waals surface area (Å²) in [5.41, 5.74) is 0.888. The summed E-state index contributed by atoms with van der Waals surface area (Å²) in [4.78, 5) is 12.2. The van der Waals surface area contributed by atoms with Crippen LogP contribution >= 0.6 is 0 Å². The standard InChI is InChI=1S/C19H23NO4/c1-14(24-15-9-5-4-6-10-15)19(21)20-13-18(23-3)16-11-7-8-12-17(16)22-2/h4-12,14,18H,13H2,1-3H3,(H,20,21)/t14-,18-/m1/s1. The summed E-state index contributed by atoms with van der Waals surface area (Å²) in [5, 5.41) is 2.86. The van der Waals surface area contributed by atoms with E-state index in [-0.39, 0.29) is 12.0 Å². The van der Waals surface area contributed by atoms with Gasteiger partial charge in [-0.1, -0.05) is 36.4 Å². The van der Waals surface area contributed by atoms with Gasteiger partial charge in [0.25, 0.3) is 5.91 Å². The van der Waals surface area contributed by atoms with Gasteiger partial charge in [-0.05, 0) is 25.1 Å². The molecule has 0 unspecified atom stereocenters. The molecule has 0 bridgehead atoms. The molecule has 1 N–H and O–H groups in total. The molecule has 2 aromatic carbocycles. The number of benzene rings is 2. The molecule has 24 heavy (non-hydrogen) atoms. The number of carbonyl (C=O) groups is 1. The lowest BCUT2D eigenvalue weighted by atomic mass is 10.1. The maximum absolute atomic E-state index is 12.2. The molecule has 1 amide bonds. The van der Waals surface area contributed by atoms with E-state index in [0.29, 0.717) is 12.3 Å². The minimum absolute atomic E-state index is 0.198. The largest absolute Gasteiger partial charge is 0.496 e. The van der Waals surface area contributed by atoms with Crippen LogP contribution in [0.3, 0.4) is 0 Å². The highest BCUT2D eigenvalue weighted by Gasteiger charge is 2.19. The van der Waals surface area contributed by atoms with Crippen LogP contribution in [0.2, 0.25) is 0 Å². The Hall–Kier alpha value is -2.53. The Bertz CT molecular complexity index is 645. The first-order valence-electron chi connectivity index (χ1n) is 7.80. The Kier molecular flexibility index (Phi) is 6.63. The van der Waals surface area contributed by atoms with Gasteiger partial charge in [0.15, 0.2) is 6.10 Å². The number of nitrogens with one attached hydrogen (secondary N) is 1. The van der Waals surface area contributed by atoms with Gasteiger partial charge >= 0.3 is 0 Å². The van der Waals surface area contributed by atoms with Gasteiger partial charge in [-0.15, -0.1) is 0 Å². The predicted molar refractivity (Wildman–Crippen MR) is 92.3 cm³/mol. The third kappa shape index (κ3) is 4.73. The fourth-order valence-electron chi connectivity index (χ4n) is 2.35. The van der Waals surface area contributed by atoms with E-state index in [9.17, 15) is 4.79 Å². The zero-order chi connectivity index (χ0) is 17.4. The molecule has 0 aromatic heterocycles. The number of methoxy groups -OCH3 is 2. The number of rotatable bonds is 8. The second kappa shape index (κ2) is 8.93. The average molecular weight is 329 g/mol. The Morgan fingerprint density at radius 1 is 1.04 bits per heavy atom. The first-order chi connectivity index (χ1) is 11.7. The van der Waals surface area contributed by atoms with E-state index < -0.39 is 6.10 Å². The van der Waals surface area contributed by atoms with Crippen LogP contribution in [0.5, 0.6) is 11.5 Å². The normalized spacial score (nSPS) is 13.0. The Balaban J connectivity index is 1.93. The molecule has 0 radical (unpaired) electrons. The molecule has 2 aromatic rings. The molecule has 0 saturated heterocycles. The number of amides is 1. The SMILES string of the molecule is COc1ccccc1[C@@H](CNC(=O)[C@@H](C)Oc1ccccc1)OC. The average Bonchev–Trinajstić information content (AvgIpc) is 2.63. The summed E-state index contributed by atoms with van der Waals surface area (Å²) in [6, 6.07) is 16.8. The highest BCUT2D eigenvalue weighted by Crippen LogP contribution is 2.26. The van der Waals surface area contributed by atoms with Crippen molar-refractivity contribution in [3.8, 4) is 11.5 Å². The van der Waals surface area contributed by atoms with E-state index in [2.05, 4.69) is 5.32 Å². The molecular formula is C19H23NO4. The van der Waals surface area contributed by atoms with Crippen molar-refractivity contribution in [1.29, 1.82) is 0 Å². The number of hydrogen-bond donors (Lipinski definition) is 1. The van der Waals surface area contributed by atoms with Gasteiger partial charge in [0, 0.05) is 19.2 Å². The van der Waals surface area contributed by atoms with Crippen LogP contribution in [-0.2, 0) is 9.53 Å². The fourth-order valence-corrected chi connectivity index (χ4v) is 2.35. The smallest absolute Gasteiger partial charge is 0.260 e. The maximum Gasteiger partial charge on any atom is 0.260 e. The van der Waals surface area contributed by atoms with Crippen LogP contribution in [0.15, 0.2) is 54.6 Å². The number of ether oxygens (including phenoxy) is 3. The van der Waals surface area contributed by atoms with E-state index in [1.54, 1.807) is 21.1 Å². The highest BCUT2D eigenvalue weighted by atomic mass is 16.5. The molecule has 128 valence electrons. The third-order valence-corrected chi connectivity index (χ3v) is 3.66. The molecule has 2 atom stereocenters. The van der Waals surface area contributed by atoms with Gasteiger partial charge in [-0.3, -0.25) is 4.79 Å². The number of hydrogen-bond acceptors (Lipinski definition) is 4. The Morgan fingerprint density at radius 3 is 2.38 bits per heavy atom. The van der Waals surface area contributed by atoms with Crippen LogP contribution in [-0.4, -0.2) is 32.8 Å². The molecule has 0 fully saturated rings. The summed E-state index contributed by atoms with van der Waals surface area (Å²) in [5.74, 6) is 1.19. The van der Waals surface area contributed by atoms with Gasteiger partial charge < -0.3 is 19.5 Å². The summed E-state index contributed by atoms with van der Waals surface area (Å²) in [7, 11) is 3.22. The topological polar surface area (TPSA) is 56.8 Å². The molecule has 0 aliphatic rings. The van der Waals surface area contributed by atoms with Gasteiger partial charge in [0.2, 0.25) is 0 Å². The van der Waals surface area contributed by atoms with E-state index in [4.69, 9.17) is 14.2 Å². The second-order valence-electron chi connectivity index (χ2n) is 5.28. The van der Waals surface area contributed by atoms with E-state index >= 15 is 0 Å². The molecule has 0 heterocycles. The molecule has 5 nitrogen and oxygen atoms in total. The molecule has 0 saturated carbocycles. The Morgan fingerprint density at radius 2 is 1.71 bits per heavy atom. The quantitative estimate of drug-likeness (QED) is 0.809. The molecule has 2 rings (SSSR count). The highest BCUT2D eigenvalue weighted by molar-refractivity contribution is 5.80. The first kappa shape index (κ1) is 17.8. The minimum atomic E-state index is -0.595. The minimum Gasteiger partial charge on any atom is -0.496 e. The summed E-state index contributed by atoms with van der Waals surface area (Å²) < 4.78 is 16.5. The summed E-state index contributed by atoms with van der Waals surface area (Å²) in [6.45, 7) is 2.05. The van der Waals surface area contributed by atoms with Crippen molar-refractivity contribution in [2.75, 3.05) is 20.8 Å². The zero-order valence-corrected chi connectivity index (χ0v) is 14.2. The predicted octanol–water partition coefficient (Wildman–Crippen LogP) is 2.97. The lowest BCUT2D eigenvalue weighted by Crippen LogP contribution is -2.38. The van der Waals surface area contributed by atoms with Gasteiger partial charge in [-0.25, -0.2) is 0 Å². The zero-order valence-electron chi connectivity index (χ0n) is 14.2. The van der Waals surface area contributed by atoms with Gasteiger partial charge in [-0.2, -0.15) is 0 Å². The van der Waals surface area contributed by atoms with Crippen molar-refractivity contribution in [2.45, 2.75) is 19.1 Å². The van der Waals surface area contributed by atoms with Crippen LogP contribution in [0.1, 0.15) is 18.6 Å². The lowest BCUT2D eigenvalue weighted by molar-refractivity contribution is -0.127. The lowest BCUT2D eigenvalue weighted by Gasteiger charge is -2.20. The van der Waals surface area contributed by atoms with Crippen LogP contribution in [0, 0.1) is 0 Å². The van der Waals surface area contributed by atoms with Crippen molar-refractivity contribution in [1.82, 2.24) is 5.32 Å². The molecule has 0 spiro atoms. The van der Waals surface area contributed by atoms with Crippen molar-refractivity contribution >= 4 is 5.91 Å². The molecule has 0 aliphatic carbocycles. The number of para-hydroxylation sites is 2. The van der Waals surface area contributed by atoms with E-state index in [0.717, 1.165) is 11.3 Å². The third-order valence-electron chi connectivity index (χ3n) is 3.66. The van der Waals surface area contributed by atoms with Crippen molar-refractivity contribution in [3.05, 3.63) is 60.2 Å². The summed E-state index contributed by atoms with van der Waals surface area (Å²) in [6.07, 6.45) is -0.892. The van der Waals surface area contributed by atoms with Gasteiger partial charge in [0.1, 0.15) is 17.6 Å². The molecule has 5 heteroatoms. The van der Waals surface area contributed by atoms with Crippen LogP contribution in [0.25, 0.3) is 0 Å².